The number of halogens is 1. The molecular formula is C14H12FN3O2. The van der Waals surface area contributed by atoms with Gasteiger partial charge in [-0.3, -0.25) is 14.3 Å². The molecule has 1 aromatic heterocycles. The number of benzene rings is 1. The Morgan fingerprint density at radius 3 is 2.80 bits per heavy atom. The number of nitrogens with one attached hydrogen (secondary N) is 1. The predicted octanol–water partition coefficient (Wildman–Crippen LogP) is 0.0342. The Kier molecular flexibility index (Phi) is 4.13. The number of nitrogens with zero attached hydrogens (tertiary/aromatic N) is 1. The molecule has 0 aliphatic carbocycles. The zero-order valence-electron chi connectivity index (χ0n) is 10.5. The zero-order valence-corrected chi connectivity index (χ0v) is 10.5. The van der Waals surface area contributed by atoms with E-state index in [0.29, 0.717) is 11.1 Å². The van der Waals surface area contributed by atoms with E-state index in [9.17, 15) is 14.0 Å². The standard InChI is InChI=1S/C14H12FN3O2/c15-12-7-10(2-1-4-16)6-11(8-12)9-18-5-3-13(19)17-14(18)20/h3,5-8H,4,9,16H2,(H,17,19,20). The van der Waals surface area contributed by atoms with Gasteiger partial charge in [0.1, 0.15) is 5.82 Å². The molecule has 6 heteroatoms. The van der Waals surface area contributed by atoms with Crippen LogP contribution in [0.4, 0.5) is 4.39 Å². The number of H-pyrrole nitrogens is 1. The van der Waals surface area contributed by atoms with E-state index in [2.05, 4.69) is 16.8 Å². The van der Waals surface area contributed by atoms with E-state index in [1.165, 1.54) is 29.0 Å². The molecule has 20 heavy (non-hydrogen) atoms. The molecule has 2 rings (SSSR count). The van der Waals surface area contributed by atoms with E-state index in [1.54, 1.807) is 6.07 Å². The Bertz CT molecular complexity index is 796. The Morgan fingerprint density at radius 1 is 1.30 bits per heavy atom. The predicted molar refractivity (Wildman–Crippen MR) is 72.8 cm³/mol. The van der Waals surface area contributed by atoms with Crippen LogP contribution in [0.25, 0.3) is 0 Å². The van der Waals surface area contributed by atoms with Gasteiger partial charge in [-0.1, -0.05) is 11.8 Å². The maximum absolute atomic E-state index is 13.5. The highest BCUT2D eigenvalue weighted by atomic mass is 19.1. The third kappa shape index (κ3) is 3.43. The largest absolute Gasteiger partial charge is 0.328 e. The van der Waals surface area contributed by atoms with Gasteiger partial charge >= 0.3 is 5.69 Å². The second-order valence-electron chi connectivity index (χ2n) is 4.09. The van der Waals surface area contributed by atoms with E-state index in [4.69, 9.17) is 5.73 Å². The van der Waals surface area contributed by atoms with E-state index >= 15 is 0 Å². The lowest BCUT2D eigenvalue weighted by Crippen LogP contribution is -2.28. The van der Waals surface area contributed by atoms with E-state index < -0.39 is 17.1 Å². The molecule has 0 fully saturated rings. The number of nitrogens with two attached hydrogens (primary N) is 1. The number of hydrogen-bond acceptors (Lipinski definition) is 3. The Morgan fingerprint density at radius 2 is 2.10 bits per heavy atom. The maximum Gasteiger partial charge on any atom is 0.328 e. The summed E-state index contributed by atoms with van der Waals surface area (Å²) in [6.45, 7) is 0.329. The normalized spacial score (nSPS) is 9.90. The van der Waals surface area contributed by atoms with Gasteiger partial charge < -0.3 is 5.73 Å². The lowest BCUT2D eigenvalue weighted by molar-refractivity contribution is 0.621. The minimum absolute atomic E-state index is 0.144. The van der Waals surface area contributed by atoms with Gasteiger partial charge in [-0.05, 0) is 23.8 Å². The smallest absolute Gasteiger partial charge is 0.320 e. The van der Waals surface area contributed by atoms with Crippen LogP contribution in [-0.4, -0.2) is 16.1 Å². The highest BCUT2D eigenvalue weighted by molar-refractivity contribution is 5.38. The highest BCUT2D eigenvalue weighted by Crippen LogP contribution is 2.09. The van der Waals surface area contributed by atoms with Crippen LogP contribution in [0.15, 0.2) is 40.1 Å². The van der Waals surface area contributed by atoms with Crippen molar-refractivity contribution in [1.82, 2.24) is 9.55 Å². The average Bonchev–Trinajstić information content (AvgIpc) is 2.39. The molecule has 1 heterocycles. The number of hydrogen-bond donors (Lipinski definition) is 2. The summed E-state index contributed by atoms with van der Waals surface area (Å²) in [5.74, 6) is 4.93. The second-order valence-corrected chi connectivity index (χ2v) is 4.09. The number of rotatable bonds is 2. The minimum Gasteiger partial charge on any atom is -0.320 e. The Balaban J connectivity index is 2.36. The monoisotopic (exact) mass is 273 g/mol. The molecule has 0 aliphatic heterocycles. The summed E-state index contributed by atoms with van der Waals surface area (Å²) in [6.07, 6.45) is 1.36. The summed E-state index contributed by atoms with van der Waals surface area (Å²) < 4.78 is 14.8. The fraction of sp³-hybridized carbons (Fsp3) is 0.143. The topological polar surface area (TPSA) is 80.9 Å². The summed E-state index contributed by atoms with van der Waals surface area (Å²) in [5, 5.41) is 0. The molecule has 0 amide bonds. The Hall–Kier alpha value is -2.65. The quantitative estimate of drug-likeness (QED) is 0.758. The van der Waals surface area contributed by atoms with Crippen molar-refractivity contribution < 1.29 is 4.39 Å². The van der Waals surface area contributed by atoms with Gasteiger partial charge in [0.2, 0.25) is 0 Å². The summed E-state index contributed by atoms with van der Waals surface area (Å²) in [4.78, 5) is 24.7. The maximum atomic E-state index is 13.5. The lowest BCUT2D eigenvalue weighted by Gasteiger charge is -2.05. The summed E-state index contributed by atoms with van der Waals surface area (Å²) in [5.41, 5.74) is 5.30. The first kappa shape index (κ1) is 13.8. The molecule has 0 aliphatic rings. The van der Waals surface area contributed by atoms with Crippen LogP contribution in [0.5, 0.6) is 0 Å². The molecule has 2 aromatic rings. The molecule has 1 aromatic carbocycles. The van der Waals surface area contributed by atoms with Crippen LogP contribution in [0, 0.1) is 17.7 Å². The fourth-order valence-corrected chi connectivity index (χ4v) is 1.73. The van der Waals surface area contributed by atoms with Crippen molar-refractivity contribution in [3.63, 3.8) is 0 Å². The van der Waals surface area contributed by atoms with Crippen molar-refractivity contribution in [2.75, 3.05) is 6.54 Å². The second kappa shape index (κ2) is 5.99. The van der Waals surface area contributed by atoms with Gasteiger partial charge in [-0.25, -0.2) is 9.18 Å². The molecule has 0 unspecified atom stereocenters. The van der Waals surface area contributed by atoms with Crippen LogP contribution in [0.2, 0.25) is 0 Å². The summed E-state index contributed by atoms with van der Waals surface area (Å²) in [6, 6.07) is 5.51. The van der Waals surface area contributed by atoms with Crippen LogP contribution in [-0.2, 0) is 6.54 Å². The van der Waals surface area contributed by atoms with E-state index in [-0.39, 0.29) is 13.1 Å². The third-order valence-corrected chi connectivity index (χ3v) is 2.54. The third-order valence-electron chi connectivity index (χ3n) is 2.54. The van der Waals surface area contributed by atoms with E-state index in [0.717, 1.165) is 0 Å². The van der Waals surface area contributed by atoms with Crippen LogP contribution >= 0.6 is 0 Å². The average molecular weight is 273 g/mol. The molecule has 5 nitrogen and oxygen atoms in total. The van der Waals surface area contributed by atoms with Gasteiger partial charge in [0.15, 0.2) is 0 Å². The SMILES string of the molecule is NCC#Cc1cc(F)cc(Cn2ccc(=O)[nH]c2=O)c1. The van der Waals surface area contributed by atoms with Gasteiger partial charge in [0, 0.05) is 17.8 Å². The number of aromatic amines is 1. The molecular weight excluding hydrogens is 261 g/mol. The van der Waals surface area contributed by atoms with Crippen molar-refractivity contribution in [2.24, 2.45) is 5.73 Å². The molecule has 0 saturated heterocycles. The van der Waals surface area contributed by atoms with Gasteiger partial charge in [-0.15, -0.1) is 0 Å². The van der Waals surface area contributed by atoms with Crippen LogP contribution in [0.1, 0.15) is 11.1 Å². The minimum atomic E-state index is -0.545. The first-order chi connectivity index (χ1) is 9.58. The molecule has 3 N–H and O–H groups in total. The first-order valence-corrected chi connectivity index (χ1v) is 5.86. The molecule has 0 radical (unpaired) electrons. The van der Waals surface area contributed by atoms with Crippen molar-refractivity contribution in [3.05, 3.63) is 68.2 Å². The number of aromatic nitrogens is 2. The van der Waals surface area contributed by atoms with Crippen molar-refractivity contribution in [2.45, 2.75) is 6.54 Å². The molecule has 102 valence electrons. The van der Waals surface area contributed by atoms with Gasteiger partial charge in [-0.2, -0.15) is 0 Å². The fourth-order valence-electron chi connectivity index (χ4n) is 1.73. The van der Waals surface area contributed by atoms with Crippen molar-refractivity contribution in [1.29, 1.82) is 0 Å². The van der Waals surface area contributed by atoms with Crippen molar-refractivity contribution >= 4 is 0 Å². The zero-order chi connectivity index (χ0) is 14.5. The molecule has 0 saturated carbocycles. The lowest BCUT2D eigenvalue weighted by atomic mass is 10.1. The molecule has 0 bridgehead atoms. The molecule has 0 atom stereocenters. The Labute approximate surface area is 113 Å². The first-order valence-electron chi connectivity index (χ1n) is 5.86. The van der Waals surface area contributed by atoms with Gasteiger partial charge in [0.25, 0.3) is 5.56 Å². The summed E-state index contributed by atoms with van der Waals surface area (Å²) >= 11 is 0. The van der Waals surface area contributed by atoms with Crippen LogP contribution in [0.3, 0.4) is 0 Å². The van der Waals surface area contributed by atoms with E-state index in [1.807, 2.05) is 0 Å². The molecule has 0 spiro atoms. The van der Waals surface area contributed by atoms with Gasteiger partial charge in [0.05, 0.1) is 13.1 Å². The van der Waals surface area contributed by atoms with Crippen molar-refractivity contribution in [3.8, 4) is 11.8 Å². The highest BCUT2D eigenvalue weighted by Gasteiger charge is 2.02. The van der Waals surface area contributed by atoms with Crippen LogP contribution < -0.4 is 17.0 Å². The summed E-state index contributed by atoms with van der Waals surface area (Å²) in [7, 11) is 0.